The van der Waals surface area contributed by atoms with Crippen molar-refractivity contribution in [2.75, 3.05) is 20.6 Å². The SMILES string of the molecule is CN(C)CC(N)CCCC(F)(F)F. The Hall–Kier alpha value is -0.290. The number of hydrogen-bond donors (Lipinski definition) is 1. The van der Waals surface area contributed by atoms with E-state index in [9.17, 15) is 13.2 Å². The molecule has 0 aliphatic rings. The van der Waals surface area contributed by atoms with E-state index >= 15 is 0 Å². The lowest BCUT2D eigenvalue weighted by atomic mass is 10.1. The van der Waals surface area contributed by atoms with Crippen molar-refractivity contribution in [3.63, 3.8) is 0 Å². The molecular weight excluding hydrogens is 181 g/mol. The van der Waals surface area contributed by atoms with Crippen molar-refractivity contribution in [2.45, 2.75) is 31.5 Å². The molecule has 0 aromatic carbocycles. The summed E-state index contributed by atoms with van der Waals surface area (Å²) in [7, 11) is 3.70. The van der Waals surface area contributed by atoms with Crippen molar-refractivity contribution in [1.82, 2.24) is 4.90 Å². The van der Waals surface area contributed by atoms with Crippen LogP contribution in [0, 0.1) is 0 Å². The second-order valence-corrected chi connectivity index (χ2v) is 3.53. The molecule has 0 saturated heterocycles. The highest BCUT2D eigenvalue weighted by Gasteiger charge is 2.26. The van der Waals surface area contributed by atoms with Gasteiger partial charge < -0.3 is 10.6 Å². The van der Waals surface area contributed by atoms with Gasteiger partial charge in [0.05, 0.1) is 0 Å². The van der Waals surface area contributed by atoms with Crippen LogP contribution in [-0.2, 0) is 0 Å². The maximum atomic E-state index is 11.7. The normalized spacial score (nSPS) is 15.0. The van der Waals surface area contributed by atoms with E-state index in [1.807, 2.05) is 19.0 Å². The molecule has 0 aliphatic heterocycles. The maximum Gasteiger partial charge on any atom is 0.389 e. The monoisotopic (exact) mass is 198 g/mol. The van der Waals surface area contributed by atoms with Crippen LogP contribution in [0.1, 0.15) is 19.3 Å². The van der Waals surface area contributed by atoms with Gasteiger partial charge in [-0.3, -0.25) is 0 Å². The zero-order chi connectivity index (χ0) is 10.5. The lowest BCUT2D eigenvalue weighted by Gasteiger charge is -2.16. The molecule has 80 valence electrons. The molecule has 0 radical (unpaired) electrons. The van der Waals surface area contributed by atoms with E-state index in [1.165, 1.54) is 0 Å². The first kappa shape index (κ1) is 12.7. The Morgan fingerprint density at radius 1 is 1.31 bits per heavy atom. The maximum absolute atomic E-state index is 11.7. The number of nitrogens with zero attached hydrogens (tertiary/aromatic N) is 1. The molecule has 0 saturated carbocycles. The van der Waals surface area contributed by atoms with Crippen molar-refractivity contribution < 1.29 is 13.2 Å². The Kier molecular flexibility index (Phi) is 5.32. The second-order valence-electron chi connectivity index (χ2n) is 3.53. The van der Waals surface area contributed by atoms with E-state index < -0.39 is 12.6 Å². The summed E-state index contributed by atoms with van der Waals surface area (Å²) in [6, 6.07) is -0.155. The van der Waals surface area contributed by atoms with Crippen LogP contribution in [0.15, 0.2) is 0 Å². The van der Waals surface area contributed by atoms with Gasteiger partial charge in [-0.25, -0.2) is 0 Å². The highest BCUT2D eigenvalue weighted by atomic mass is 19.4. The van der Waals surface area contributed by atoms with Gasteiger partial charge in [-0.1, -0.05) is 0 Å². The van der Waals surface area contributed by atoms with Crippen LogP contribution in [0.25, 0.3) is 0 Å². The molecule has 0 bridgehead atoms. The summed E-state index contributed by atoms with van der Waals surface area (Å²) in [6.45, 7) is 0.637. The quantitative estimate of drug-likeness (QED) is 0.727. The fourth-order valence-electron chi connectivity index (χ4n) is 1.13. The lowest BCUT2D eigenvalue weighted by molar-refractivity contribution is -0.135. The molecule has 13 heavy (non-hydrogen) atoms. The third-order valence-corrected chi connectivity index (χ3v) is 1.63. The van der Waals surface area contributed by atoms with Crippen molar-refractivity contribution in [1.29, 1.82) is 0 Å². The lowest BCUT2D eigenvalue weighted by Crippen LogP contribution is -2.33. The standard InChI is InChI=1S/C8H17F3N2/c1-13(2)6-7(12)4-3-5-8(9,10)11/h7H,3-6,12H2,1-2H3. The first-order valence-electron chi connectivity index (χ1n) is 4.28. The number of hydrogen-bond acceptors (Lipinski definition) is 2. The minimum atomic E-state index is -4.04. The van der Waals surface area contributed by atoms with Gasteiger partial charge in [0.15, 0.2) is 0 Å². The van der Waals surface area contributed by atoms with Crippen LogP contribution >= 0.6 is 0 Å². The van der Waals surface area contributed by atoms with E-state index in [4.69, 9.17) is 5.73 Å². The van der Waals surface area contributed by atoms with Gasteiger partial charge in [-0.15, -0.1) is 0 Å². The summed E-state index contributed by atoms with van der Waals surface area (Å²) in [5.41, 5.74) is 5.59. The van der Waals surface area contributed by atoms with Crippen molar-refractivity contribution >= 4 is 0 Å². The summed E-state index contributed by atoms with van der Waals surface area (Å²) in [5.74, 6) is 0. The van der Waals surface area contributed by atoms with E-state index in [2.05, 4.69) is 0 Å². The molecule has 0 heterocycles. The van der Waals surface area contributed by atoms with Crippen molar-refractivity contribution in [3.05, 3.63) is 0 Å². The minimum Gasteiger partial charge on any atom is -0.327 e. The van der Waals surface area contributed by atoms with Crippen molar-refractivity contribution in [2.24, 2.45) is 5.73 Å². The van der Waals surface area contributed by atoms with E-state index in [-0.39, 0.29) is 12.5 Å². The van der Waals surface area contributed by atoms with Gasteiger partial charge in [-0.2, -0.15) is 13.2 Å². The zero-order valence-corrected chi connectivity index (χ0v) is 8.06. The fraction of sp³-hybridized carbons (Fsp3) is 1.00. The van der Waals surface area contributed by atoms with Crippen molar-refractivity contribution in [3.8, 4) is 0 Å². The summed E-state index contributed by atoms with van der Waals surface area (Å²) in [6.07, 6.45) is -4.22. The van der Waals surface area contributed by atoms with Crippen LogP contribution < -0.4 is 5.73 Å². The highest BCUT2D eigenvalue weighted by Crippen LogP contribution is 2.22. The predicted molar refractivity (Wildman–Crippen MR) is 46.4 cm³/mol. The Balaban J connectivity index is 3.42. The average molecular weight is 198 g/mol. The molecule has 0 aromatic rings. The summed E-state index contributed by atoms with van der Waals surface area (Å²) in [5, 5.41) is 0. The molecule has 1 unspecified atom stereocenters. The Morgan fingerprint density at radius 3 is 2.23 bits per heavy atom. The van der Waals surface area contributed by atoms with E-state index in [1.54, 1.807) is 0 Å². The first-order valence-corrected chi connectivity index (χ1v) is 4.28. The van der Waals surface area contributed by atoms with Gasteiger partial charge in [-0.05, 0) is 26.9 Å². The Bertz CT molecular complexity index is 134. The number of likely N-dealkylation sites (N-methyl/N-ethyl adjacent to an activating group) is 1. The molecule has 0 aliphatic carbocycles. The molecular formula is C8H17F3N2. The molecule has 0 aromatic heterocycles. The highest BCUT2D eigenvalue weighted by molar-refractivity contribution is 4.65. The third-order valence-electron chi connectivity index (χ3n) is 1.63. The van der Waals surface area contributed by atoms with E-state index in [0.717, 1.165) is 0 Å². The predicted octanol–water partition coefficient (Wildman–Crippen LogP) is 1.61. The zero-order valence-electron chi connectivity index (χ0n) is 8.06. The van der Waals surface area contributed by atoms with Gasteiger partial charge in [0.25, 0.3) is 0 Å². The Morgan fingerprint density at radius 2 is 1.85 bits per heavy atom. The summed E-state index contributed by atoms with van der Waals surface area (Å²) >= 11 is 0. The van der Waals surface area contributed by atoms with Crippen LogP contribution in [0.3, 0.4) is 0 Å². The molecule has 0 amide bonds. The number of halogens is 3. The second kappa shape index (κ2) is 5.44. The molecule has 1 atom stereocenters. The molecule has 2 nitrogen and oxygen atoms in total. The summed E-state index contributed by atoms with van der Waals surface area (Å²) < 4.78 is 35.2. The van der Waals surface area contributed by atoms with Gasteiger partial charge in [0.2, 0.25) is 0 Å². The van der Waals surface area contributed by atoms with Crippen LogP contribution in [0.5, 0.6) is 0 Å². The van der Waals surface area contributed by atoms with Crippen LogP contribution in [0.4, 0.5) is 13.2 Å². The molecule has 5 heteroatoms. The molecule has 0 spiro atoms. The summed E-state index contributed by atoms with van der Waals surface area (Å²) in [4.78, 5) is 1.87. The fourth-order valence-corrected chi connectivity index (χ4v) is 1.13. The number of alkyl halides is 3. The molecule has 2 N–H and O–H groups in total. The van der Waals surface area contributed by atoms with E-state index in [0.29, 0.717) is 13.0 Å². The number of nitrogens with two attached hydrogens (primary N) is 1. The minimum absolute atomic E-state index is 0.124. The number of rotatable bonds is 5. The smallest absolute Gasteiger partial charge is 0.327 e. The first-order chi connectivity index (χ1) is 5.81. The molecule has 0 fully saturated rings. The largest absolute Gasteiger partial charge is 0.389 e. The van der Waals surface area contributed by atoms with Gasteiger partial charge in [0, 0.05) is 19.0 Å². The third kappa shape index (κ3) is 9.63. The van der Waals surface area contributed by atoms with Crippen LogP contribution in [0.2, 0.25) is 0 Å². The van der Waals surface area contributed by atoms with Crippen LogP contribution in [-0.4, -0.2) is 37.8 Å². The van der Waals surface area contributed by atoms with Gasteiger partial charge >= 0.3 is 6.18 Å². The Labute approximate surface area is 76.9 Å². The van der Waals surface area contributed by atoms with Gasteiger partial charge in [0.1, 0.15) is 0 Å². The topological polar surface area (TPSA) is 29.3 Å². The average Bonchev–Trinajstić information content (AvgIpc) is 1.81. The molecule has 0 rings (SSSR count).